The predicted octanol–water partition coefficient (Wildman–Crippen LogP) is 6.07. The normalized spacial score (nSPS) is 18.6. The van der Waals surface area contributed by atoms with E-state index in [-0.39, 0.29) is 37.4 Å². The van der Waals surface area contributed by atoms with Crippen LogP contribution in [0.3, 0.4) is 0 Å². The van der Waals surface area contributed by atoms with Crippen molar-refractivity contribution in [1.29, 1.82) is 0 Å². The number of ether oxygens (including phenoxy) is 6. The quantitative estimate of drug-likeness (QED) is 0.144. The Hall–Kier alpha value is -3.44. The fourth-order valence-corrected chi connectivity index (χ4v) is 5.73. The monoisotopic (exact) mass is 656 g/mol. The molecule has 47 heavy (non-hydrogen) atoms. The third-order valence-electron chi connectivity index (χ3n) is 7.82. The van der Waals surface area contributed by atoms with E-state index in [0.717, 1.165) is 5.57 Å². The lowest BCUT2D eigenvalue weighted by atomic mass is 9.96. The van der Waals surface area contributed by atoms with Crippen LogP contribution in [0.25, 0.3) is 0 Å². The third kappa shape index (κ3) is 13.3. The van der Waals surface area contributed by atoms with Crippen molar-refractivity contribution in [2.24, 2.45) is 0 Å². The summed E-state index contributed by atoms with van der Waals surface area (Å²) in [6.45, 7) is 7.71. The number of benzene rings is 2. The minimum atomic E-state index is -0.675. The summed E-state index contributed by atoms with van der Waals surface area (Å²) in [4.78, 5) is 25.7. The highest BCUT2D eigenvalue weighted by atomic mass is 16.6. The minimum Gasteiger partial charge on any atom is -0.497 e. The number of rotatable bonds is 18. The van der Waals surface area contributed by atoms with Gasteiger partial charge in [-0.1, -0.05) is 11.6 Å². The summed E-state index contributed by atoms with van der Waals surface area (Å²) in [5.74, 6) is 0.360. The van der Waals surface area contributed by atoms with Crippen LogP contribution >= 0.6 is 0 Å². The molecule has 2 aromatic rings. The zero-order valence-electron chi connectivity index (χ0n) is 28.6. The zero-order chi connectivity index (χ0) is 34.3. The van der Waals surface area contributed by atoms with Crippen LogP contribution in [-0.4, -0.2) is 85.7 Å². The standard InChI is InChI=1S/C37H52O10/c1-24(2)44-34(20-26-7-12-32(21-29(39)19-26)46-36(40)27-8-13-30(42-5)14-9-27)23-35(45-25(3)4)22-33(17-18-38)47-37(41)28-10-15-31(43-6)16-11-28/h7-11,13-16,24-25,29,32-35,38-39H,12,17-23H2,1-6H3/t29-,32-,33+,34-,35-/m1/s1. The topological polar surface area (TPSA) is 130 Å². The number of hydrogen-bond donors (Lipinski definition) is 2. The molecule has 0 radical (unpaired) electrons. The van der Waals surface area contributed by atoms with E-state index in [1.54, 1.807) is 62.8 Å². The van der Waals surface area contributed by atoms with Crippen LogP contribution in [0.4, 0.5) is 0 Å². The molecule has 260 valence electrons. The first-order valence-corrected chi connectivity index (χ1v) is 16.5. The maximum atomic E-state index is 12.9. The van der Waals surface area contributed by atoms with Gasteiger partial charge >= 0.3 is 11.9 Å². The van der Waals surface area contributed by atoms with Gasteiger partial charge in [-0.05, 0) is 89.1 Å². The maximum absolute atomic E-state index is 12.9. The van der Waals surface area contributed by atoms with E-state index < -0.39 is 30.3 Å². The van der Waals surface area contributed by atoms with Crippen LogP contribution in [0, 0.1) is 0 Å². The van der Waals surface area contributed by atoms with Gasteiger partial charge in [0.1, 0.15) is 23.7 Å². The molecule has 0 amide bonds. The van der Waals surface area contributed by atoms with E-state index in [4.69, 9.17) is 28.4 Å². The van der Waals surface area contributed by atoms with Crippen molar-refractivity contribution in [2.45, 2.75) is 115 Å². The van der Waals surface area contributed by atoms with Crippen LogP contribution < -0.4 is 9.47 Å². The van der Waals surface area contributed by atoms with E-state index in [9.17, 15) is 19.8 Å². The van der Waals surface area contributed by atoms with E-state index in [1.807, 2.05) is 33.8 Å². The van der Waals surface area contributed by atoms with Gasteiger partial charge in [-0.2, -0.15) is 0 Å². The van der Waals surface area contributed by atoms with Crippen LogP contribution in [0.15, 0.2) is 60.2 Å². The molecular formula is C37H52O10. The van der Waals surface area contributed by atoms with Gasteiger partial charge in [0.25, 0.3) is 0 Å². The summed E-state index contributed by atoms with van der Waals surface area (Å²) in [5.41, 5.74) is 1.83. The van der Waals surface area contributed by atoms with Gasteiger partial charge in [-0.3, -0.25) is 0 Å². The number of esters is 2. The first kappa shape index (κ1) is 38.0. The summed E-state index contributed by atoms with van der Waals surface area (Å²) in [5, 5.41) is 20.6. The molecule has 5 atom stereocenters. The summed E-state index contributed by atoms with van der Waals surface area (Å²) < 4.78 is 34.6. The van der Waals surface area contributed by atoms with E-state index >= 15 is 0 Å². The number of hydrogen-bond acceptors (Lipinski definition) is 10. The Morgan fingerprint density at radius 1 is 0.787 bits per heavy atom. The van der Waals surface area contributed by atoms with Gasteiger partial charge < -0.3 is 38.6 Å². The van der Waals surface area contributed by atoms with Gasteiger partial charge in [-0.15, -0.1) is 0 Å². The number of carbonyl (C=O) groups is 2. The summed E-state index contributed by atoms with van der Waals surface area (Å²) >= 11 is 0. The second-order valence-corrected chi connectivity index (χ2v) is 12.5. The molecule has 3 rings (SSSR count). The first-order valence-electron chi connectivity index (χ1n) is 16.5. The van der Waals surface area contributed by atoms with Crippen molar-refractivity contribution in [3.8, 4) is 11.5 Å². The molecule has 1 aliphatic rings. The number of methoxy groups -OCH3 is 2. The van der Waals surface area contributed by atoms with Crippen LogP contribution in [0.1, 0.15) is 93.4 Å². The molecule has 1 aliphatic carbocycles. The van der Waals surface area contributed by atoms with E-state index in [0.29, 0.717) is 61.2 Å². The third-order valence-corrected chi connectivity index (χ3v) is 7.82. The summed E-state index contributed by atoms with van der Waals surface area (Å²) in [7, 11) is 3.12. The molecule has 0 spiro atoms. The van der Waals surface area contributed by atoms with Crippen molar-refractivity contribution < 1.29 is 48.2 Å². The van der Waals surface area contributed by atoms with Gasteiger partial charge in [-0.25, -0.2) is 9.59 Å². The Morgan fingerprint density at radius 3 is 1.85 bits per heavy atom. The number of aliphatic hydroxyl groups excluding tert-OH is 2. The fraction of sp³-hybridized carbons (Fsp3) is 0.568. The van der Waals surface area contributed by atoms with Crippen LogP contribution in [0.2, 0.25) is 0 Å². The molecule has 0 saturated heterocycles. The van der Waals surface area contributed by atoms with Gasteiger partial charge in [0, 0.05) is 38.7 Å². The lowest BCUT2D eigenvalue weighted by molar-refractivity contribution is -0.0726. The van der Waals surface area contributed by atoms with Crippen molar-refractivity contribution in [2.75, 3.05) is 20.8 Å². The molecule has 10 nitrogen and oxygen atoms in total. The molecule has 0 bridgehead atoms. The zero-order valence-corrected chi connectivity index (χ0v) is 28.6. The molecule has 2 N–H and O–H groups in total. The molecule has 0 heterocycles. The number of aliphatic hydroxyl groups is 2. The average Bonchev–Trinajstić information content (AvgIpc) is 3.20. The van der Waals surface area contributed by atoms with Crippen molar-refractivity contribution in [1.82, 2.24) is 0 Å². The summed E-state index contributed by atoms with van der Waals surface area (Å²) in [6, 6.07) is 13.4. The second kappa shape index (κ2) is 19.4. The first-order chi connectivity index (χ1) is 22.5. The lowest BCUT2D eigenvalue weighted by Crippen LogP contribution is -2.33. The Bertz CT molecular complexity index is 1250. The molecule has 10 heteroatoms. The highest BCUT2D eigenvalue weighted by Gasteiger charge is 2.29. The number of carbonyl (C=O) groups excluding carboxylic acids is 2. The van der Waals surface area contributed by atoms with Crippen LogP contribution in [0.5, 0.6) is 11.5 Å². The average molecular weight is 657 g/mol. The molecule has 0 aromatic heterocycles. The van der Waals surface area contributed by atoms with E-state index in [1.165, 1.54) is 0 Å². The van der Waals surface area contributed by atoms with Crippen molar-refractivity contribution in [3.05, 3.63) is 71.3 Å². The van der Waals surface area contributed by atoms with Crippen molar-refractivity contribution >= 4 is 11.9 Å². The molecule has 0 aliphatic heterocycles. The molecule has 0 fully saturated rings. The maximum Gasteiger partial charge on any atom is 0.338 e. The largest absolute Gasteiger partial charge is 0.497 e. The van der Waals surface area contributed by atoms with Gasteiger partial charge in [0.15, 0.2) is 0 Å². The van der Waals surface area contributed by atoms with E-state index in [2.05, 4.69) is 0 Å². The second-order valence-electron chi connectivity index (χ2n) is 12.5. The SMILES string of the molecule is COc1ccc(C(=O)O[C@@H]2CC=C(C[C@H](C[C@@H](C[C@H](CCO)OC(=O)c3ccc(OC)cc3)OC(C)C)OC(C)C)C[C@@H](O)C2)cc1. The smallest absolute Gasteiger partial charge is 0.338 e. The molecule has 2 aromatic carbocycles. The van der Waals surface area contributed by atoms with Gasteiger partial charge in [0.05, 0.1) is 55.9 Å². The Balaban J connectivity index is 1.69. The van der Waals surface area contributed by atoms with Crippen molar-refractivity contribution in [3.63, 3.8) is 0 Å². The Kier molecular flexibility index (Phi) is 15.7. The highest BCUT2D eigenvalue weighted by Crippen LogP contribution is 2.29. The Labute approximate surface area is 279 Å². The predicted molar refractivity (Wildman–Crippen MR) is 178 cm³/mol. The fourth-order valence-electron chi connectivity index (χ4n) is 5.73. The minimum absolute atomic E-state index is 0.0599. The van der Waals surface area contributed by atoms with Gasteiger partial charge in [0.2, 0.25) is 0 Å². The Morgan fingerprint density at radius 2 is 1.32 bits per heavy atom. The molecule has 0 unspecified atom stereocenters. The molecule has 0 saturated carbocycles. The van der Waals surface area contributed by atoms with Crippen LogP contribution in [-0.2, 0) is 18.9 Å². The summed E-state index contributed by atoms with van der Waals surface area (Å²) in [6.07, 6.45) is 2.59. The lowest BCUT2D eigenvalue weighted by Gasteiger charge is -2.30. The highest BCUT2D eigenvalue weighted by molar-refractivity contribution is 5.90. The molecular weight excluding hydrogens is 604 g/mol.